The summed E-state index contributed by atoms with van der Waals surface area (Å²) in [5, 5.41) is 2.95. The Bertz CT molecular complexity index is 1210. The van der Waals surface area contributed by atoms with Crippen molar-refractivity contribution >= 4 is 23.2 Å². The number of benzene rings is 3. The van der Waals surface area contributed by atoms with E-state index in [1.807, 2.05) is 48.5 Å². The summed E-state index contributed by atoms with van der Waals surface area (Å²) in [7, 11) is 3.16. The molecule has 1 saturated heterocycles. The Morgan fingerprint density at radius 2 is 1.53 bits per heavy atom. The van der Waals surface area contributed by atoms with E-state index in [0.717, 1.165) is 28.6 Å². The fourth-order valence-corrected chi connectivity index (χ4v) is 4.11. The summed E-state index contributed by atoms with van der Waals surface area (Å²) in [6.07, 6.45) is 0. The summed E-state index contributed by atoms with van der Waals surface area (Å²) >= 11 is 0. The van der Waals surface area contributed by atoms with E-state index in [9.17, 15) is 4.79 Å². The van der Waals surface area contributed by atoms with Crippen LogP contribution in [-0.2, 0) is 0 Å². The predicted molar refractivity (Wildman–Crippen MR) is 131 cm³/mol. The quantitative estimate of drug-likeness (QED) is 0.614. The van der Waals surface area contributed by atoms with Crippen molar-refractivity contribution in [3.8, 4) is 23.0 Å². The summed E-state index contributed by atoms with van der Waals surface area (Å²) < 4.78 is 16.7. The van der Waals surface area contributed by atoms with Crippen LogP contribution < -0.4 is 19.5 Å². The minimum absolute atomic E-state index is 0.160. The Morgan fingerprint density at radius 1 is 0.882 bits per heavy atom. The molecule has 0 spiro atoms. The lowest BCUT2D eigenvalue weighted by Gasteiger charge is -2.36. The number of urea groups is 1. The van der Waals surface area contributed by atoms with E-state index in [4.69, 9.17) is 19.2 Å². The van der Waals surface area contributed by atoms with Gasteiger partial charge in [-0.2, -0.15) is 0 Å². The highest BCUT2D eigenvalue weighted by Crippen LogP contribution is 2.38. The number of amides is 2. The number of hydrogen-bond donors (Lipinski definition) is 1. The van der Waals surface area contributed by atoms with Crippen LogP contribution in [0.25, 0.3) is 0 Å². The number of nitrogens with one attached hydrogen (secondary N) is 1. The van der Waals surface area contributed by atoms with Gasteiger partial charge in [0.25, 0.3) is 0 Å². The number of piperazine rings is 1. The van der Waals surface area contributed by atoms with Crippen molar-refractivity contribution in [3.05, 3.63) is 72.3 Å². The third-order valence-corrected chi connectivity index (χ3v) is 5.91. The number of rotatable bonds is 3. The van der Waals surface area contributed by atoms with Crippen molar-refractivity contribution < 1.29 is 19.0 Å². The molecule has 2 amide bonds. The molecule has 3 aromatic carbocycles. The van der Waals surface area contributed by atoms with Gasteiger partial charge in [-0.3, -0.25) is 0 Å². The number of methoxy groups -OCH3 is 2. The maximum absolute atomic E-state index is 12.9. The van der Waals surface area contributed by atoms with Gasteiger partial charge in [-0.1, -0.05) is 24.3 Å². The molecule has 2 heterocycles. The third kappa shape index (κ3) is 4.34. The fourth-order valence-electron chi connectivity index (χ4n) is 4.11. The first kappa shape index (κ1) is 21.6. The molecule has 8 heteroatoms. The lowest BCUT2D eigenvalue weighted by Crippen LogP contribution is -2.51. The van der Waals surface area contributed by atoms with E-state index in [1.165, 1.54) is 0 Å². The van der Waals surface area contributed by atoms with Gasteiger partial charge in [0.1, 0.15) is 28.8 Å². The molecule has 0 atom stereocenters. The molecule has 0 aliphatic carbocycles. The van der Waals surface area contributed by atoms with Gasteiger partial charge in [0.05, 0.1) is 19.8 Å². The molecule has 2 aliphatic rings. The van der Waals surface area contributed by atoms with E-state index in [2.05, 4.69) is 10.2 Å². The number of ether oxygens (including phenoxy) is 3. The van der Waals surface area contributed by atoms with E-state index in [1.54, 1.807) is 37.3 Å². The number of amidine groups is 1. The van der Waals surface area contributed by atoms with E-state index < -0.39 is 0 Å². The zero-order valence-corrected chi connectivity index (χ0v) is 19.2. The van der Waals surface area contributed by atoms with Crippen LogP contribution in [-0.4, -0.2) is 62.1 Å². The van der Waals surface area contributed by atoms with Crippen molar-refractivity contribution in [1.29, 1.82) is 0 Å². The number of para-hydroxylation sites is 3. The van der Waals surface area contributed by atoms with Crippen molar-refractivity contribution in [2.24, 2.45) is 4.99 Å². The topological polar surface area (TPSA) is 75.6 Å². The van der Waals surface area contributed by atoms with Gasteiger partial charge in [0, 0.05) is 50.1 Å². The average Bonchev–Trinajstić information content (AvgIpc) is 3.05. The van der Waals surface area contributed by atoms with E-state index in [-0.39, 0.29) is 6.03 Å². The third-order valence-electron chi connectivity index (χ3n) is 5.91. The Morgan fingerprint density at radius 3 is 2.24 bits per heavy atom. The normalized spacial score (nSPS) is 14.7. The molecular formula is C26H26N4O4. The molecule has 2 aliphatic heterocycles. The van der Waals surface area contributed by atoms with Crippen LogP contribution >= 0.6 is 0 Å². The predicted octanol–water partition coefficient (Wildman–Crippen LogP) is 4.74. The van der Waals surface area contributed by atoms with Crippen molar-refractivity contribution in [3.63, 3.8) is 0 Å². The molecule has 0 saturated carbocycles. The van der Waals surface area contributed by atoms with Crippen molar-refractivity contribution in [2.75, 3.05) is 45.7 Å². The van der Waals surface area contributed by atoms with Gasteiger partial charge in [-0.15, -0.1) is 0 Å². The van der Waals surface area contributed by atoms with E-state index >= 15 is 0 Å². The summed E-state index contributed by atoms with van der Waals surface area (Å²) in [5.74, 6) is 3.60. The Hall–Kier alpha value is -4.20. The second-order valence-corrected chi connectivity index (χ2v) is 8.01. The maximum atomic E-state index is 12.9. The van der Waals surface area contributed by atoms with Gasteiger partial charge in [0.15, 0.2) is 5.75 Å². The van der Waals surface area contributed by atoms with Crippen LogP contribution in [0, 0.1) is 0 Å². The first-order valence-electron chi connectivity index (χ1n) is 11.1. The highest BCUT2D eigenvalue weighted by atomic mass is 16.5. The number of carbonyl (C=O) groups excluding carboxylic acids is 1. The van der Waals surface area contributed by atoms with Gasteiger partial charge < -0.3 is 29.3 Å². The summed E-state index contributed by atoms with van der Waals surface area (Å²) in [5.41, 5.74) is 2.36. The number of nitrogens with zero attached hydrogens (tertiary/aromatic N) is 3. The molecule has 0 unspecified atom stereocenters. The van der Waals surface area contributed by atoms with Gasteiger partial charge in [-0.05, 0) is 24.3 Å². The molecule has 8 nitrogen and oxygen atoms in total. The van der Waals surface area contributed by atoms with Crippen molar-refractivity contribution in [1.82, 2.24) is 9.80 Å². The Labute approximate surface area is 198 Å². The standard InChI is InChI=1S/C26H26N4O4/c1-32-19-15-18(16-20(17-19)33-2)27-26(31)30-13-11-29(12-14-30)25-21-7-3-5-9-23(21)34-24-10-6-4-8-22(24)28-25/h3-10,15-17H,11-14H2,1-2H3,(H,27,31). The molecule has 3 aromatic rings. The number of hydrogen-bond acceptors (Lipinski definition) is 6. The maximum Gasteiger partial charge on any atom is 0.321 e. The van der Waals surface area contributed by atoms with Crippen molar-refractivity contribution in [2.45, 2.75) is 0 Å². The highest BCUT2D eigenvalue weighted by Gasteiger charge is 2.27. The zero-order valence-electron chi connectivity index (χ0n) is 19.2. The molecular weight excluding hydrogens is 432 g/mol. The lowest BCUT2D eigenvalue weighted by molar-refractivity contribution is 0.181. The fraction of sp³-hybridized carbons (Fsp3) is 0.231. The van der Waals surface area contributed by atoms with Crippen LogP contribution in [0.2, 0.25) is 0 Å². The molecule has 0 radical (unpaired) electrons. The molecule has 174 valence electrons. The molecule has 5 rings (SSSR count). The van der Waals surface area contributed by atoms with Crippen LogP contribution in [0.4, 0.5) is 16.2 Å². The summed E-state index contributed by atoms with van der Waals surface area (Å²) in [6, 6.07) is 20.8. The largest absolute Gasteiger partial charge is 0.497 e. The first-order valence-corrected chi connectivity index (χ1v) is 11.1. The van der Waals surface area contributed by atoms with Gasteiger partial charge in [-0.25, -0.2) is 9.79 Å². The highest BCUT2D eigenvalue weighted by molar-refractivity contribution is 6.04. The summed E-state index contributed by atoms with van der Waals surface area (Å²) in [6.45, 7) is 2.45. The average molecular weight is 459 g/mol. The molecule has 1 fully saturated rings. The van der Waals surface area contributed by atoms with Crippen LogP contribution in [0.5, 0.6) is 23.0 Å². The molecule has 0 aromatic heterocycles. The monoisotopic (exact) mass is 458 g/mol. The van der Waals surface area contributed by atoms with E-state index in [0.29, 0.717) is 43.4 Å². The zero-order chi connectivity index (χ0) is 23.5. The Kier molecular flexibility index (Phi) is 5.95. The number of aliphatic imine (C=N–C) groups is 1. The smallest absolute Gasteiger partial charge is 0.321 e. The lowest BCUT2D eigenvalue weighted by atomic mass is 10.1. The minimum atomic E-state index is -0.160. The second-order valence-electron chi connectivity index (χ2n) is 8.01. The summed E-state index contributed by atoms with van der Waals surface area (Å²) in [4.78, 5) is 21.9. The van der Waals surface area contributed by atoms with Gasteiger partial charge in [0.2, 0.25) is 0 Å². The van der Waals surface area contributed by atoms with Crippen LogP contribution in [0.15, 0.2) is 71.7 Å². The first-order chi connectivity index (χ1) is 16.6. The van der Waals surface area contributed by atoms with Crippen LogP contribution in [0.3, 0.4) is 0 Å². The molecule has 1 N–H and O–H groups in total. The van der Waals surface area contributed by atoms with Gasteiger partial charge >= 0.3 is 6.03 Å². The molecule has 0 bridgehead atoms. The van der Waals surface area contributed by atoms with Crippen LogP contribution in [0.1, 0.15) is 5.56 Å². The minimum Gasteiger partial charge on any atom is -0.497 e. The number of anilines is 1. The Balaban J connectivity index is 1.31. The number of fused-ring (bicyclic) bond motifs is 2. The SMILES string of the molecule is COc1cc(NC(=O)N2CCN(C3=Nc4ccccc4Oc4ccccc43)CC2)cc(OC)c1. The molecule has 34 heavy (non-hydrogen) atoms. The number of carbonyl (C=O) groups is 1. The second kappa shape index (κ2) is 9.35.